The maximum Gasteiger partial charge on any atom is 0.407 e. The Morgan fingerprint density at radius 2 is 2.21 bits per heavy atom. The van der Waals surface area contributed by atoms with Crippen molar-refractivity contribution in [1.29, 1.82) is 0 Å². The highest BCUT2D eigenvalue weighted by molar-refractivity contribution is 6.31. The Hall–Kier alpha value is -3.60. The molecule has 3 rings (SSSR count). The smallest absolute Gasteiger partial charge is 0.407 e. The number of rotatable bonds is 6. The van der Waals surface area contributed by atoms with E-state index in [-0.39, 0.29) is 17.4 Å². The third-order valence-corrected chi connectivity index (χ3v) is 4.29. The first-order chi connectivity index (χ1) is 13.9. The Labute approximate surface area is 169 Å². The summed E-state index contributed by atoms with van der Waals surface area (Å²) in [5.74, 6) is -0.120. The average molecular weight is 422 g/mol. The van der Waals surface area contributed by atoms with Gasteiger partial charge in [-0.2, -0.15) is 4.98 Å². The molecule has 0 radical (unpaired) electrons. The molecule has 2 aromatic heterocycles. The van der Waals surface area contributed by atoms with Crippen molar-refractivity contribution in [1.82, 2.24) is 19.9 Å². The summed E-state index contributed by atoms with van der Waals surface area (Å²) >= 11 is 5.78. The van der Waals surface area contributed by atoms with Crippen molar-refractivity contribution in [2.24, 2.45) is 5.16 Å². The predicted molar refractivity (Wildman–Crippen MR) is 106 cm³/mol. The van der Waals surface area contributed by atoms with Crippen LogP contribution in [0.1, 0.15) is 5.56 Å². The zero-order valence-corrected chi connectivity index (χ0v) is 15.9. The molecule has 0 saturated heterocycles. The fourth-order valence-corrected chi connectivity index (χ4v) is 2.67. The van der Waals surface area contributed by atoms with Gasteiger partial charge in [0.15, 0.2) is 11.5 Å². The van der Waals surface area contributed by atoms with Crippen LogP contribution >= 0.6 is 11.6 Å². The number of fused-ring (bicyclic) bond motifs is 1. The summed E-state index contributed by atoms with van der Waals surface area (Å²) in [5.41, 5.74) is 1.72. The number of oxime groups is 1. The van der Waals surface area contributed by atoms with Crippen molar-refractivity contribution in [3.05, 3.63) is 46.9 Å². The zero-order chi connectivity index (χ0) is 21.0. The minimum atomic E-state index is -1.03. The molecule has 0 unspecified atom stereocenters. The normalized spacial score (nSPS) is 11.5. The highest BCUT2D eigenvalue weighted by atomic mass is 35.5. The van der Waals surface area contributed by atoms with Crippen LogP contribution in [0.4, 0.5) is 20.8 Å². The number of anilines is 2. The second-order valence-electron chi connectivity index (χ2n) is 5.98. The number of hydrogen-bond donors (Lipinski definition) is 5. The molecule has 0 aliphatic carbocycles. The van der Waals surface area contributed by atoms with E-state index >= 15 is 0 Å². The molecular formula is C17H17ClFN7O3. The molecule has 0 fully saturated rings. The van der Waals surface area contributed by atoms with Crippen LogP contribution < -0.4 is 10.6 Å². The first-order valence-electron chi connectivity index (χ1n) is 8.36. The first kappa shape index (κ1) is 20.1. The van der Waals surface area contributed by atoms with Crippen LogP contribution in [0, 0.1) is 5.82 Å². The lowest BCUT2D eigenvalue weighted by Gasteiger charge is -2.12. The minimum absolute atomic E-state index is 0.0703. The van der Waals surface area contributed by atoms with Gasteiger partial charge in [0.1, 0.15) is 5.82 Å². The van der Waals surface area contributed by atoms with Crippen LogP contribution in [0.3, 0.4) is 0 Å². The van der Waals surface area contributed by atoms with E-state index in [9.17, 15) is 14.4 Å². The Bertz CT molecular complexity index is 1070. The number of hydrogen-bond acceptors (Lipinski definition) is 6. The summed E-state index contributed by atoms with van der Waals surface area (Å²) in [6.07, 6.45) is 0.460. The van der Waals surface area contributed by atoms with E-state index < -0.39 is 11.9 Å². The van der Waals surface area contributed by atoms with Crippen molar-refractivity contribution in [2.75, 3.05) is 30.8 Å². The first-order valence-corrected chi connectivity index (χ1v) is 8.74. The fraction of sp³-hybridized carbons (Fsp3) is 0.176. The van der Waals surface area contributed by atoms with Gasteiger partial charge in [0.05, 0.1) is 10.5 Å². The van der Waals surface area contributed by atoms with Crippen LogP contribution in [0.25, 0.3) is 11.2 Å². The highest BCUT2D eigenvalue weighted by Crippen LogP contribution is 2.22. The number of amides is 1. The molecule has 0 atom stereocenters. The number of benzene rings is 1. The van der Waals surface area contributed by atoms with Gasteiger partial charge in [0.2, 0.25) is 5.95 Å². The third-order valence-electron chi connectivity index (χ3n) is 4.00. The zero-order valence-electron chi connectivity index (χ0n) is 15.1. The van der Waals surface area contributed by atoms with E-state index in [1.165, 1.54) is 31.4 Å². The van der Waals surface area contributed by atoms with Crippen molar-refractivity contribution >= 4 is 46.3 Å². The lowest BCUT2D eigenvalue weighted by Crippen LogP contribution is -2.29. The Balaban J connectivity index is 1.81. The summed E-state index contributed by atoms with van der Waals surface area (Å²) in [4.78, 5) is 23.4. The second-order valence-corrected chi connectivity index (χ2v) is 6.38. The van der Waals surface area contributed by atoms with Gasteiger partial charge in [-0.15, -0.1) is 0 Å². The number of nitrogens with zero attached hydrogens (tertiary/aromatic N) is 4. The van der Waals surface area contributed by atoms with E-state index in [1.807, 2.05) is 0 Å². The van der Waals surface area contributed by atoms with Gasteiger partial charge in [0.25, 0.3) is 0 Å². The summed E-state index contributed by atoms with van der Waals surface area (Å²) in [6, 6.07) is 5.60. The molecule has 29 heavy (non-hydrogen) atoms. The molecule has 1 aromatic carbocycles. The number of carboxylic acid groups (broad SMARTS) is 1. The van der Waals surface area contributed by atoms with Crippen molar-refractivity contribution < 1.29 is 19.5 Å². The number of likely N-dealkylation sites (N-methyl/N-ethyl adjacent to an activating group) is 1. The van der Waals surface area contributed by atoms with Gasteiger partial charge in [0, 0.05) is 37.6 Å². The van der Waals surface area contributed by atoms with Crippen molar-refractivity contribution in [3.63, 3.8) is 0 Å². The molecule has 12 heteroatoms. The number of nitrogens with one attached hydrogen (secondary N) is 3. The highest BCUT2D eigenvalue weighted by Gasteiger charge is 2.15. The SMILES string of the molecule is CN(CCNc1nc2nccc(/C(=N\O)Nc3ccc(F)c(Cl)c3)c2[nH]1)C(=O)O. The molecule has 0 aliphatic rings. The number of imidazole rings is 1. The summed E-state index contributed by atoms with van der Waals surface area (Å²) in [7, 11) is 1.46. The maximum atomic E-state index is 13.3. The lowest BCUT2D eigenvalue weighted by molar-refractivity contribution is 0.157. The number of amidine groups is 1. The largest absolute Gasteiger partial charge is 0.465 e. The molecule has 0 spiro atoms. The van der Waals surface area contributed by atoms with Crippen molar-refractivity contribution in [2.45, 2.75) is 0 Å². The standard InChI is InChI=1S/C17H17ClFN7O3/c1-26(17(27)28)7-6-21-16-23-13-10(4-5-20-15(13)24-16)14(25-29)22-9-2-3-12(19)11(18)8-9/h2-5,8,29H,6-7H2,1H3,(H,22,25)(H,27,28)(H2,20,21,23,24). The van der Waals surface area contributed by atoms with Gasteiger partial charge in [-0.1, -0.05) is 16.8 Å². The molecule has 2 heterocycles. The van der Waals surface area contributed by atoms with Gasteiger partial charge in [-0.25, -0.2) is 14.2 Å². The molecule has 3 aromatic rings. The van der Waals surface area contributed by atoms with E-state index in [1.54, 1.807) is 6.07 Å². The number of aromatic amines is 1. The summed E-state index contributed by atoms with van der Waals surface area (Å²) < 4.78 is 13.3. The quantitative estimate of drug-likeness (QED) is 0.178. The van der Waals surface area contributed by atoms with Crippen LogP contribution in [0.2, 0.25) is 5.02 Å². The average Bonchev–Trinajstić information content (AvgIpc) is 3.11. The summed E-state index contributed by atoms with van der Waals surface area (Å²) in [5, 5.41) is 27.4. The lowest BCUT2D eigenvalue weighted by atomic mass is 10.2. The van der Waals surface area contributed by atoms with Gasteiger partial charge >= 0.3 is 6.09 Å². The van der Waals surface area contributed by atoms with Crippen LogP contribution in [-0.4, -0.2) is 62.2 Å². The number of carbonyl (C=O) groups is 1. The monoisotopic (exact) mass is 421 g/mol. The van der Waals surface area contributed by atoms with E-state index in [2.05, 4.69) is 30.7 Å². The Morgan fingerprint density at radius 1 is 1.41 bits per heavy atom. The molecule has 0 bridgehead atoms. The van der Waals surface area contributed by atoms with E-state index in [0.717, 1.165) is 4.90 Å². The van der Waals surface area contributed by atoms with Gasteiger partial charge in [-0.05, 0) is 24.3 Å². The Kier molecular flexibility index (Phi) is 5.98. The van der Waals surface area contributed by atoms with E-state index in [0.29, 0.717) is 34.9 Å². The van der Waals surface area contributed by atoms with Gasteiger partial charge < -0.3 is 30.8 Å². The number of aromatic nitrogens is 3. The van der Waals surface area contributed by atoms with Gasteiger partial charge in [-0.3, -0.25) is 0 Å². The molecule has 152 valence electrons. The third kappa shape index (κ3) is 4.63. The number of pyridine rings is 1. The maximum absolute atomic E-state index is 13.3. The predicted octanol–water partition coefficient (Wildman–Crippen LogP) is 3.02. The molecular weight excluding hydrogens is 405 g/mol. The van der Waals surface area contributed by atoms with Crippen molar-refractivity contribution in [3.8, 4) is 0 Å². The summed E-state index contributed by atoms with van der Waals surface area (Å²) in [6.45, 7) is 0.578. The number of halogens is 2. The van der Waals surface area contributed by atoms with Crippen LogP contribution in [0.5, 0.6) is 0 Å². The fourth-order valence-electron chi connectivity index (χ4n) is 2.49. The molecule has 0 aliphatic heterocycles. The molecule has 0 saturated carbocycles. The Morgan fingerprint density at radius 3 is 2.90 bits per heavy atom. The van der Waals surface area contributed by atoms with E-state index in [4.69, 9.17) is 16.7 Å². The second kappa shape index (κ2) is 8.61. The molecule has 1 amide bonds. The molecule has 10 nitrogen and oxygen atoms in total. The van der Waals surface area contributed by atoms with Crippen LogP contribution in [-0.2, 0) is 0 Å². The molecule has 5 N–H and O–H groups in total. The van der Waals surface area contributed by atoms with Crippen LogP contribution in [0.15, 0.2) is 35.6 Å². The minimum Gasteiger partial charge on any atom is -0.465 e. The topological polar surface area (TPSA) is 139 Å². The number of H-pyrrole nitrogens is 1.